The molecule has 2 aromatic rings. The van der Waals surface area contributed by atoms with Gasteiger partial charge in [0, 0.05) is 23.1 Å². The molecule has 4 aliphatic rings. The minimum Gasteiger partial charge on any atom is -0.497 e. The highest BCUT2D eigenvalue weighted by atomic mass is 16.5. The number of likely N-dealkylation sites (tertiary alicyclic amines) is 1. The highest BCUT2D eigenvalue weighted by Crippen LogP contribution is 2.59. The van der Waals surface area contributed by atoms with E-state index in [-0.39, 0.29) is 17.1 Å². The van der Waals surface area contributed by atoms with E-state index >= 15 is 0 Å². The van der Waals surface area contributed by atoms with Crippen LogP contribution in [0.15, 0.2) is 54.1 Å². The van der Waals surface area contributed by atoms with Crippen LogP contribution < -0.4 is 4.74 Å². The van der Waals surface area contributed by atoms with Crippen LogP contribution in [0.5, 0.6) is 5.75 Å². The Morgan fingerprint density at radius 2 is 1.71 bits per heavy atom. The van der Waals surface area contributed by atoms with Crippen molar-refractivity contribution in [3.05, 3.63) is 76.4 Å². The maximum absolute atomic E-state index is 14.2. The summed E-state index contributed by atoms with van der Waals surface area (Å²) in [5.41, 5.74) is 3.46. The number of ketones is 1. The van der Waals surface area contributed by atoms with Crippen molar-refractivity contribution in [3.8, 4) is 5.75 Å². The second kappa shape index (κ2) is 13.4. The quantitative estimate of drug-likeness (QED) is 0.292. The average molecular weight is 574 g/mol. The maximum atomic E-state index is 14.2. The first-order valence-electron chi connectivity index (χ1n) is 16.3. The van der Waals surface area contributed by atoms with Gasteiger partial charge in [-0.05, 0) is 125 Å². The van der Waals surface area contributed by atoms with Crippen molar-refractivity contribution < 1.29 is 19.7 Å². The number of ether oxygens (including phenoxy) is 1. The summed E-state index contributed by atoms with van der Waals surface area (Å²) in [7, 11) is 1.63. The smallest absolute Gasteiger partial charge is 0.193 e. The summed E-state index contributed by atoms with van der Waals surface area (Å²) in [5, 5.41) is 23.5. The lowest BCUT2D eigenvalue weighted by atomic mass is 9.64. The third kappa shape index (κ3) is 6.69. The van der Waals surface area contributed by atoms with Crippen molar-refractivity contribution >= 4 is 5.78 Å². The third-order valence-corrected chi connectivity index (χ3v) is 10.7. The molecule has 2 N–H and O–H groups in total. The number of hydrogen-bond acceptors (Lipinski definition) is 5. The normalized spacial score (nSPS) is 29.6. The Morgan fingerprint density at radius 1 is 1.00 bits per heavy atom. The fraction of sp³-hybridized carbons (Fsp3) is 0.595. The van der Waals surface area contributed by atoms with E-state index in [1.54, 1.807) is 7.11 Å². The Labute approximate surface area is 253 Å². The van der Waals surface area contributed by atoms with Gasteiger partial charge in [0.15, 0.2) is 5.78 Å². The lowest BCUT2D eigenvalue weighted by Gasteiger charge is -2.46. The third-order valence-electron chi connectivity index (χ3n) is 10.7. The van der Waals surface area contributed by atoms with E-state index in [0.717, 1.165) is 62.1 Å². The molecule has 6 rings (SSSR count). The highest BCUT2D eigenvalue weighted by Gasteiger charge is 2.57. The zero-order chi connectivity index (χ0) is 29.7. The van der Waals surface area contributed by atoms with Crippen LogP contribution >= 0.6 is 0 Å². The Balaban J connectivity index is 1.56. The molecule has 2 bridgehead atoms. The fourth-order valence-electron chi connectivity index (χ4n) is 7.94. The van der Waals surface area contributed by atoms with Gasteiger partial charge < -0.3 is 19.8 Å². The lowest BCUT2D eigenvalue weighted by molar-refractivity contribution is -0.0843. The number of β-amino-alcohol motifs (C(OH)–C–C–N with tert-alkyl or cyclic N) is 1. The van der Waals surface area contributed by atoms with E-state index in [2.05, 4.69) is 37.0 Å². The average Bonchev–Trinajstić information content (AvgIpc) is 3.22. The zero-order valence-electron chi connectivity index (χ0n) is 26.0. The standard InChI is InChI=1S/C37H51NO4/c1-27-10-9-20-36(2)34(19-21-37(36,41)26-38-22-7-5-4-6-8-23-38)32-18-12-28(24-30(39)15-11-27)25-33(32)35(40)29-13-16-31(42-3)17-14-29/h10,12-14,16-18,25,30,34,39,41H,4-9,11,15,19-24,26H2,1-3H3. The van der Waals surface area contributed by atoms with E-state index in [1.807, 2.05) is 30.3 Å². The fourth-order valence-corrected chi connectivity index (χ4v) is 7.94. The maximum Gasteiger partial charge on any atom is 0.193 e. The molecular formula is C37H51NO4. The number of benzene rings is 2. The summed E-state index contributed by atoms with van der Waals surface area (Å²) in [6.07, 6.45) is 13.6. The first-order chi connectivity index (χ1) is 20.2. The second-order valence-electron chi connectivity index (χ2n) is 13.5. The predicted octanol–water partition coefficient (Wildman–Crippen LogP) is 7.23. The van der Waals surface area contributed by atoms with Gasteiger partial charge in [0.05, 0.1) is 18.8 Å². The van der Waals surface area contributed by atoms with Crippen molar-refractivity contribution in [2.45, 2.75) is 109 Å². The van der Waals surface area contributed by atoms with Crippen LogP contribution in [0.3, 0.4) is 0 Å². The van der Waals surface area contributed by atoms with Gasteiger partial charge in [-0.25, -0.2) is 0 Å². The minimum absolute atomic E-state index is 0.00612. The highest BCUT2D eigenvalue weighted by molar-refractivity contribution is 6.10. The van der Waals surface area contributed by atoms with Crippen LogP contribution in [-0.2, 0) is 6.42 Å². The zero-order valence-corrected chi connectivity index (χ0v) is 26.0. The van der Waals surface area contributed by atoms with Crippen LogP contribution in [0, 0.1) is 5.41 Å². The molecule has 4 unspecified atom stereocenters. The summed E-state index contributed by atoms with van der Waals surface area (Å²) >= 11 is 0. The lowest BCUT2D eigenvalue weighted by Crippen LogP contribution is -2.53. The van der Waals surface area contributed by atoms with E-state index in [4.69, 9.17) is 4.74 Å². The molecule has 2 aromatic carbocycles. The summed E-state index contributed by atoms with van der Waals surface area (Å²) in [6.45, 7) is 7.28. The Kier molecular flexibility index (Phi) is 9.92. The first kappa shape index (κ1) is 31.0. The van der Waals surface area contributed by atoms with Crippen molar-refractivity contribution in [3.63, 3.8) is 0 Å². The molecule has 228 valence electrons. The monoisotopic (exact) mass is 573 g/mol. The summed E-state index contributed by atoms with van der Waals surface area (Å²) in [4.78, 5) is 16.7. The van der Waals surface area contributed by atoms with Gasteiger partial charge in [-0.1, -0.05) is 50.0 Å². The van der Waals surface area contributed by atoms with E-state index < -0.39 is 11.7 Å². The molecule has 0 amide bonds. The number of nitrogens with zero attached hydrogens (tertiary/aromatic N) is 1. The van der Waals surface area contributed by atoms with E-state index in [1.165, 1.54) is 37.7 Å². The number of allylic oxidation sites excluding steroid dienone is 2. The SMILES string of the molecule is COc1ccc(C(=O)c2cc3ccc2C2CCC(O)(CN4CCCCCCC4)C2(C)CCC=C(C)CCC(O)C3)cc1. The summed E-state index contributed by atoms with van der Waals surface area (Å²) in [5.74, 6) is 0.776. The molecule has 0 radical (unpaired) electrons. The number of carbonyl (C=O) groups excluding carboxylic acids is 1. The molecule has 5 heteroatoms. The van der Waals surface area contributed by atoms with E-state index in [9.17, 15) is 15.0 Å². The largest absolute Gasteiger partial charge is 0.497 e. The molecule has 2 fully saturated rings. The number of carbonyl (C=O) groups is 1. The molecule has 4 atom stereocenters. The van der Waals surface area contributed by atoms with Gasteiger partial charge in [-0.3, -0.25) is 4.79 Å². The Morgan fingerprint density at radius 3 is 2.43 bits per heavy atom. The van der Waals surface area contributed by atoms with Gasteiger partial charge in [0.25, 0.3) is 0 Å². The molecule has 3 aliphatic carbocycles. The molecule has 0 spiro atoms. The predicted molar refractivity (Wildman–Crippen MR) is 169 cm³/mol. The van der Waals surface area contributed by atoms with Crippen LogP contribution in [0.1, 0.15) is 117 Å². The number of hydrogen-bond donors (Lipinski definition) is 2. The van der Waals surface area contributed by atoms with Crippen LogP contribution in [-0.4, -0.2) is 59.3 Å². The summed E-state index contributed by atoms with van der Waals surface area (Å²) in [6, 6.07) is 13.6. The Bertz CT molecular complexity index is 1240. The van der Waals surface area contributed by atoms with Crippen LogP contribution in [0.4, 0.5) is 0 Å². The minimum atomic E-state index is -0.828. The van der Waals surface area contributed by atoms with Gasteiger partial charge in [-0.15, -0.1) is 0 Å². The number of aliphatic hydroxyl groups is 2. The van der Waals surface area contributed by atoms with Gasteiger partial charge in [0.2, 0.25) is 0 Å². The molecule has 0 aromatic heterocycles. The number of fused-ring (bicyclic) bond motifs is 8. The Hall–Kier alpha value is -2.47. The number of methoxy groups -OCH3 is 1. The molecule has 1 saturated heterocycles. The van der Waals surface area contributed by atoms with E-state index in [0.29, 0.717) is 30.5 Å². The summed E-state index contributed by atoms with van der Waals surface area (Å²) < 4.78 is 5.34. The second-order valence-corrected chi connectivity index (χ2v) is 13.5. The topological polar surface area (TPSA) is 70.0 Å². The first-order valence-corrected chi connectivity index (χ1v) is 16.3. The molecule has 5 nitrogen and oxygen atoms in total. The molecular weight excluding hydrogens is 522 g/mol. The molecule has 1 heterocycles. The van der Waals surface area contributed by atoms with Crippen LogP contribution in [0.25, 0.3) is 0 Å². The number of aliphatic hydroxyl groups excluding tert-OH is 1. The van der Waals surface area contributed by atoms with Crippen molar-refractivity contribution in [2.75, 3.05) is 26.7 Å². The van der Waals surface area contributed by atoms with Gasteiger partial charge >= 0.3 is 0 Å². The van der Waals surface area contributed by atoms with Crippen LogP contribution in [0.2, 0.25) is 0 Å². The molecule has 42 heavy (non-hydrogen) atoms. The molecule has 1 aliphatic heterocycles. The van der Waals surface area contributed by atoms with Crippen molar-refractivity contribution in [1.82, 2.24) is 4.90 Å². The molecule has 1 saturated carbocycles. The van der Waals surface area contributed by atoms with Crippen molar-refractivity contribution in [2.24, 2.45) is 5.41 Å². The van der Waals surface area contributed by atoms with Crippen molar-refractivity contribution in [1.29, 1.82) is 0 Å². The van der Waals surface area contributed by atoms with Gasteiger partial charge in [-0.2, -0.15) is 0 Å². The van der Waals surface area contributed by atoms with Gasteiger partial charge in [0.1, 0.15) is 5.75 Å². The number of rotatable bonds is 5.